The van der Waals surface area contributed by atoms with E-state index in [1.54, 1.807) is 36.2 Å². The highest BCUT2D eigenvalue weighted by atomic mass is 35.5. The van der Waals surface area contributed by atoms with E-state index >= 15 is 0 Å². The predicted octanol–water partition coefficient (Wildman–Crippen LogP) is 3.43. The molecule has 0 saturated heterocycles. The average Bonchev–Trinajstić information content (AvgIpc) is 2.48. The summed E-state index contributed by atoms with van der Waals surface area (Å²) < 4.78 is 0. The minimum absolute atomic E-state index is 0.0347. The van der Waals surface area contributed by atoms with Gasteiger partial charge in [-0.2, -0.15) is 0 Å². The van der Waals surface area contributed by atoms with Crippen LogP contribution in [0.2, 0.25) is 5.02 Å². The summed E-state index contributed by atoms with van der Waals surface area (Å²) in [7, 11) is 1.70. The van der Waals surface area contributed by atoms with E-state index in [-0.39, 0.29) is 12.3 Å². The standard InChI is InChI=1S/C16H16ClNO2/c1-18(14-5-3-2-4-6-14)16(20)11-15(19)12-7-9-13(17)10-8-12/h2-10,15,19H,11H2,1H3. The number of para-hydroxylation sites is 1. The summed E-state index contributed by atoms with van der Waals surface area (Å²) in [6.45, 7) is 0. The van der Waals surface area contributed by atoms with Crippen molar-refractivity contribution in [3.8, 4) is 0 Å². The van der Waals surface area contributed by atoms with Crippen molar-refractivity contribution in [2.45, 2.75) is 12.5 Å². The van der Waals surface area contributed by atoms with E-state index in [1.165, 1.54) is 0 Å². The maximum absolute atomic E-state index is 12.1. The van der Waals surface area contributed by atoms with E-state index in [2.05, 4.69) is 0 Å². The van der Waals surface area contributed by atoms with Crippen molar-refractivity contribution >= 4 is 23.2 Å². The smallest absolute Gasteiger partial charge is 0.229 e. The molecule has 0 radical (unpaired) electrons. The van der Waals surface area contributed by atoms with Crippen LogP contribution in [0.5, 0.6) is 0 Å². The average molecular weight is 290 g/mol. The lowest BCUT2D eigenvalue weighted by Gasteiger charge is -2.19. The number of anilines is 1. The van der Waals surface area contributed by atoms with E-state index in [9.17, 15) is 9.90 Å². The number of aliphatic hydroxyl groups excluding tert-OH is 1. The summed E-state index contributed by atoms with van der Waals surface area (Å²) in [6.07, 6.45) is -0.793. The number of carbonyl (C=O) groups is 1. The molecular weight excluding hydrogens is 274 g/mol. The zero-order valence-electron chi connectivity index (χ0n) is 11.2. The molecule has 1 amide bonds. The van der Waals surface area contributed by atoms with Gasteiger partial charge in [-0.25, -0.2) is 0 Å². The minimum atomic E-state index is -0.828. The van der Waals surface area contributed by atoms with Crippen LogP contribution in [0.3, 0.4) is 0 Å². The van der Waals surface area contributed by atoms with Crippen LogP contribution in [0.25, 0.3) is 0 Å². The van der Waals surface area contributed by atoms with Gasteiger partial charge < -0.3 is 10.0 Å². The molecule has 0 spiro atoms. The summed E-state index contributed by atoms with van der Waals surface area (Å²) in [5, 5.41) is 10.7. The normalized spacial score (nSPS) is 11.9. The number of nitrogens with zero attached hydrogens (tertiary/aromatic N) is 1. The number of benzene rings is 2. The lowest BCUT2D eigenvalue weighted by Crippen LogP contribution is -2.27. The Balaban J connectivity index is 2.02. The van der Waals surface area contributed by atoms with Crippen molar-refractivity contribution in [1.82, 2.24) is 0 Å². The summed E-state index contributed by atoms with van der Waals surface area (Å²) in [5.74, 6) is -0.140. The monoisotopic (exact) mass is 289 g/mol. The van der Waals surface area contributed by atoms with Gasteiger partial charge in [-0.3, -0.25) is 4.79 Å². The zero-order chi connectivity index (χ0) is 14.5. The number of rotatable bonds is 4. The van der Waals surface area contributed by atoms with Gasteiger partial charge in [0.25, 0.3) is 0 Å². The van der Waals surface area contributed by atoms with Crippen molar-refractivity contribution in [3.63, 3.8) is 0 Å². The maximum atomic E-state index is 12.1. The molecule has 0 fully saturated rings. The molecule has 1 atom stereocenters. The topological polar surface area (TPSA) is 40.5 Å². The van der Waals surface area contributed by atoms with Crippen molar-refractivity contribution in [2.75, 3.05) is 11.9 Å². The highest BCUT2D eigenvalue weighted by molar-refractivity contribution is 6.30. The minimum Gasteiger partial charge on any atom is -0.388 e. The Hall–Kier alpha value is -1.84. The van der Waals surface area contributed by atoms with Crippen molar-refractivity contribution in [1.29, 1.82) is 0 Å². The quantitative estimate of drug-likeness (QED) is 0.937. The molecule has 3 nitrogen and oxygen atoms in total. The first-order chi connectivity index (χ1) is 9.58. The molecule has 0 saturated carbocycles. The number of hydrogen-bond acceptors (Lipinski definition) is 2. The number of hydrogen-bond donors (Lipinski definition) is 1. The molecule has 0 aliphatic heterocycles. The molecular formula is C16H16ClNO2. The molecule has 20 heavy (non-hydrogen) atoms. The number of carbonyl (C=O) groups excluding carboxylic acids is 1. The molecule has 4 heteroatoms. The molecule has 2 aromatic rings. The SMILES string of the molecule is CN(C(=O)CC(O)c1ccc(Cl)cc1)c1ccccc1. The van der Waals surface area contributed by atoms with Gasteiger partial charge >= 0.3 is 0 Å². The van der Waals surface area contributed by atoms with Crippen LogP contribution in [0, 0.1) is 0 Å². The Morgan fingerprint density at radius 3 is 2.35 bits per heavy atom. The lowest BCUT2D eigenvalue weighted by atomic mass is 10.1. The summed E-state index contributed by atoms with van der Waals surface area (Å²) >= 11 is 5.80. The van der Waals surface area contributed by atoms with Gasteiger partial charge in [0.05, 0.1) is 12.5 Å². The number of aliphatic hydroxyl groups is 1. The Kier molecular flexibility index (Phi) is 4.77. The van der Waals surface area contributed by atoms with E-state index in [0.717, 1.165) is 5.69 Å². The van der Waals surface area contributed by atoms with E-state index in [4.69, 9.17) is 11.6 Å². The summed E-state index contributed by atoms with van der Waals surface area (Å²) in [6, 6.07) is 16.2. The van der Waals surface area contributed by atoms with Crippen LogP contribution in [0.4, 0.5) is 5.69 Å². The van der Waals surface area contributed by atoms with Crippen LogP contribution in [0.1, 0.15) is 18.1 Å². The van der Waals surface area contributed by atoms with Crippen molar-refractivity contribution < 1.29 is 9.90 Å². The van der Waals surface area contributed by atoms with Gasteiger partial charge in [0.1, 0.15) is 0 Å². The fourth-order valence-corrected chi connectivity index (χ4v) is 2.03. The molecule has 0 heterocycles. The Bertz CT molecular complexity index is 569. The van der Waals surface area contributed by atoms with Gasteiger partial charge in [0.15, 0.2) is 0 Å². The third kappa shape index (κ3) is 3.59. The fourth-order valence-electron chi connectivity index (χ4n) is 1.90. The van der Waals surface area contributed by atoms with Gasteiger partial charge in [-0.15, -0.1) is 0 Å². The van der Waals surface area contributed by atoms with Crippen LogP contribution in [0.15, 0.2) is 54.6 Å². The Labute approximate surface area is 123 Å². The molecule has 1 unspecified atom stereocenters. The van der Waals surface area contributed by atoms with Crippen LogP contribution >= 0.6 is 11.6 Å². The van der Waals surface area contributed by atoms with Gasteiger partial charge in [-0.05, 0) is 29.8 Å². The summed E-state index contributed by atoms with van der Waals surface area (Å²) in [4.78, 5) is 13.7. The molecule has 0 aliphatic carbocycles. The van der Waals surface area contributed by atoms with E-state index in [1.807, 2.05) is 30.3 Å². The molecule has 0 aromatic heterocycles. The van der Waals surface area contributed by atoms with Gasteiger partial charge in [0, 0.05) is 17.8 Å². The summed E-state index contributed by atoms with van der Waals surface area (Å²) in [5.41, 5.74) is 1.49. The largest absolute Gasteiger partial charge is 0.388 e. The predicted molar refractivity (Wildman–Crippen MR) is 80.9 cm³/mol. The molecule has 2 aromatic carbocycles. The Morgan fingerprint density at radius 1 is 1.15 bits per heavy atom. The second-order valence-corrected chi connectivity index (χ2v) is 5.00. The molecule has 0 aliphatic rings. The second-order valence-electron chi connectivity index (χ2n) is 4.56. The number of halogens is 1. The third-order valence-corrected chi connectivity index (χ3v) is 3.39. The lowest BCUT2D eigenvalue weighted by molar-refractivity contribution is -0.120. The highest BCUT2D eigenvalue weighted by Gasteiger charge is 2.17. The van der Waals surface area contributed by atoms with Crippen LogP contribution in [-0.4, -0.2) is 18.1 Å². The van der Waals surface area contributed by atoms with Crippen molar-refractivity contribution in [3.05, 3.63) is 65.2 Å². The van der Waals surface area contributed by atoms with Gasteiger partial charge in [-0.1, -0.05) is 41.9 Å². The molecule has 104 valence electrons. The van der Waals surface area contributed by atoms with E-state index < -0.39 is 6.10 Å². The first-order valence-electron chi connectivity index (χ1n) is 6.33. The molecule has 1 N–H and O–H groups in total. The number of amides is 1. The van der Waals surface area contributed by atoms with Crippen molar-refractivity contribution in [2.24, 2.45) is 0 Å². The molecule has 0 bridgehead atoms. The fraction of sp³-hybridized carbons (Fsp3) is 0.188. The first-order valence-corrected chi connectivity index (χ1v) is 6.71. The first kappa shape index (κ1) is 14.6. The third-order valence-electron chi connectivity index (χ3n) is 3.14. The van der Waals surface area contributed by atoms with E-state index in [0.29, 0.717) is 10.6 Å². The zero-order valence-corrected chi connectivity index (χ0v) is 11.9. The maximum Gasteiger partial charge on any atom is 0.229 e. The Morgan fingerprint density at radius 2 is 1.75 bits per heavy atom. The highest BCUT2D eigenvalue weighted by Crippen LogP contribution is 2.21. The molecule has 2 rings (SSSR count). The van der Waals surface area contributed by atoms with Gasteiger partial charge in [0.2, 0.25) is 5.91 Å². The van der Waals surface area contributed by atoms with Crippen LogP contribution < -0.4 is 4.90 Å². The van der Waals surface area contributed by atoms with Crippen LogP contribution in [-0.2, 0) is 4.79 Å². The second kappa shape index (κ2) is 6.55.